The average molecular weight is 240 g/mol. The van der Waals surface area contributed by atoms with Crippen molar-refractivity contribution < 1.29 is 9.53 Å². The highest BCUT2D eigenvalue weighted by molar-refractivity contribution is 5.94. The third kappa shape index (κ3) is 1.82. The molecule has 0 bridgehead atoms. The second-order valence-corrected chi connectivity index (χ2v) is 4.18. The standard InChI is InChI=1S/C14H12N2O2/c1-9-5-4-8-12(15-9)16-13-10-6-2-3-7-11(10)14(17)18-13/h2-8,13H,1H3,(H,15,16)/t13-/m1/s1. The fourth-order valence-corrected chi connectivity index (χ4v) is 2.01. The monoisotopic (exact) mass is 240 g/mol. The van der Waals surface area contributed by atoms with E-state index in [1.807, 2.05) is 43.3 Å². The number of carbonyl (C=O) groups is 1. The lowest BCUT2D eigenvalue weighted by Crippen LogP contribution is -2.11. The van der Waals surface area contributed by atoms with Crippen molar-refractivity contribution in [2.45, 2.75) is 13.2 Å². The van der Waals surface area contributed by atoms with Gasteiger partial charge < -0.3 is 10.1 Å². The van der Waals surface area contributed by atoms with Gasteiger partial charge in [-0.3, -0.25) is 0 Å². The van der Waals surface area contributed by atoms with E-state index in [2.05, 4.69) is 10.3 Å². The zero-order valence-corrected chi connectivity index (χ0v) is 9.88. The number of fused-ring (bicyclic) bond motifs is 1. The lowest BCUT2D eigenvalue weighted by Gasteiger charge is -2.13. The summed E-state index contributed by atoms with van der Waals surface area (Å²) in [5, 5.41) is 3.11. The lowest BCUT2D eigenvalue weighted by atomic mass is 10.1. The Hall–Kier alpha value is -2.36. The van der Waals surface area contributed by atoms with E-state index < -0.39 is 6.23 Å². The molecule has 90 valence electrons. The Bertz CT molecular complexity index is 610. The summed E-state index contributed by atoms with van der Waals surface area (Å²) in [6.45, 7) is 1.92. The van der Waals surface area contributed by atoms with E-state index in [4.69, 9.17) is 4.74 Å². The number of pyridine rings is 1. The van der Waals surface area contributed by atoms with Crippen LogP contribution in [0.3, 0.4) is 0 Å². The van der Waals surface area contributed by atoms with Crippen molar-refractivity contribution in [1.82, 2.24) is 4.98 Å². The van der Waals surface area contributed by atoms with Gasteiger partial charge in [-0.25, -0.2) is 9.78 Å². The molecule has 1 aliphatic heterocycles. The number of hydrogen-bond acceptors (Lipinski definition) is 4. The van der Waals surface area contributed by atoms with Crippen LogP contribution in [0, 0.1) is 6.92 Å². The molecule has 0 aliphatic carbocycles. The zero-order valence-electron chi connectivity index (χ0n) is 9.88. The van der Waals surface area contributed by atoms with Gasteiger partial charge in [0.15, 0.2) is 0 Å². The molecule has 0 fully saturated rings. The van der Waals surface area contributed by atoms with Crippen LogP contribution in [-0.4, -0.2) is 11.0 Å². The minimum absolute atomic E-state index is 0.296. The van der Waals surface area contributed by atoms with Crippen LogP contribution in [0.15, 0.2) is 42.5 Å². The topological polar surface area (TPSA) is 51.2 Å². The molecule has 2 heterocycles. The van der Waals surface area contributed by atoms with E-state index in [1.165, 1.54) is 0 Å². The minimum Gasteiger partial charge on any atom is -0.434 e. The van der Waals surface area contributed by atoms with Gasteiger partial charge in [0.25, 0.3) is 0 Å². The van der Waals surface area contributed by atoms with Crippen LogP contribution >= 0.6 is 0 Å². The van der Waals surface area contributed by atoms with E-state index in [9.17, 15) is 4.79 Å². The van der Waals surface area contributed by atoms with Crippen LogP contribution < -0.4 is 5.32 Å². The number of aromatic nitrogens is 1. The highest BCUT2D eigenvalue weighted by Crippen LogP contribution is 2.30. The van der Waals surface area contributed by atoms with Crippen LogP contribution in [0.25, 0.3) is 0 Å². The Morgan fingerprint density at radius 3 is 2.83 bits per heavy atom. The van der Waals surface area contributed by atoms with Gasteiger partial charge in [0, 0.05) is 11.3 Å². The number of nitrogens with zero attached hydrogens (tertiary/aromatic N) is 1. The Balaban J connectivity index is 1.90. The first-order valence-corrected chi connectivity index (χ1v) is 5.74. The van der Waals surface area contributed by atoms with Gasteiger partial charge in [-0.1, -0.05) is 24.3 Å². The maximum Gasteiger partial charge on any atom is 0.340 e. The molecule has 0 unspecified atom stereocenters. The van der Waals surface area contributed by atoms with Crippen molar-refractivity contribution in [3.63, 3.8) is 0 Å². The summed E-state index contributed by atoms with van der Waals surface area (Å²) < 4.78 is 5.29. The summed E-state index contributed by atoms with van der Waals surface area (Å²) in [7, 11) is 0. The van der Waals surface area contributed by atoms with Crippen LogP contribution in [0.4, 0.5) is 5.82 Å². The molecule has 4 nitrogen and oxygen atoms in total. The van der Waals surface area contributed by atoms with Crippen LogP contribution in [-0.2, 0) is 4.74 Å². The van der Waals surface area contributed by atoms with Crippen molar-refractivity contribution in [2.75, 3.05) is 5.32 Å². The molecular weight excluding hydrogens is 228 g/mol. The number of cyclic esters (lactones) is 1. The average Bonchev–Trinajstić information content (AvgIpc) is 2.67. The number of benzene rings is 1. The first kappa shape index (κ1) is 10.8. The predicted molar refractivity (Wildman–Crippen MR) is 67.2 cm³/mol. The fraction of sp³-hybridized carbons (Fsp3) is 0.143. The summed E-state index contributed by atoms with van der Waals surface area (Å²) in [4.78, 5) is 16.0. The molecule has 1 aromatic carbocycles. The predicted octanol–water partition coefficient (Wildman–Crippen LogP) is 2.67. The number of ether oxygens (including phenoxy) is 1. The highest BCUT2D eigenvalue weighted by Gasteiger charge is 2.30. The molecular formula is C14H12N2O2. The Kier molecular flexibility index (Phi) is 2.48. The molecule has 0 amide bonds. The number of rotatable bonds is 2. The van der Waals surface area contributed by atoms with Crippen LogP contribution in [0.2, 0.25) is 0 Å². The number of carbonyl (C=O) groups excluding carboxylic acids is 1. The SMILES string of the molecule is Cc1cccc(N[C@@H]2OC(=O)c3ccccc32)n1. The largest absolute Gasteiger partial charge is 0.434 e. The summed E-state index contributed by atoms with van der Waals surface area (Å²) in [6.07, 6.45) is -0.456. The number of aryl methyl sites for hydroxylation is 1. The highest BCUT2D eigenvalue weighted by atomic mass is 16.6. The first-order valence-electron chi connectivity index (χ1n) is 5.74. The normalized spacial score (nSPS) is 17.2. The molecule has 1 aliphatic rings. The molecule has 0 saturated carbocycles. The van der Waals surface area contributed by atoms with E-state index in [1.54, 1.807) is 6.07 Å². The molecule has 3 rings (SSSR count). The quantitative estimate of drug-likeness (QED) is 0.820. The molecule has 1 aromatic heterocycles. The van der Waals surface area contributed by atoms with Crippen molar-refractivity contribution in [3.05, 3.63) is 59.3 Å². The maximum absolute atomic E-state index is 11.7. The molecule has 2 aromatic rings. The summed E-state index contributed by atoms with van der Waals surface area (Å²) in [5.41, 5.74) is 2.38. The number of hydrogen-bond donors (Lipinski definition) is 1. The van der Waals surface area contributed by atoms with Gasteiger partial charge in [-0.2, -0.15) is 0 Å². The van der Waals surface area contributed by atoms with Gasteiger partial charge in [-0.15, -0.1) is 0 Å². The van der Waals surface area contributed by atoms with E-state index in [0.717, 1.165) is 11.3 Å². The second kappa shape index (κ2) is 4.14. The van der Waals surface area contributed by atoms with Crippen molar-refractivity contribution in [3.8, 4) is 0 Å². The molecule has 1 N–H and O–H groups in total. The van der Waals surface area contributed by atoms with Gasteiger partial charge >= 0.3 is 5.97 Å². The van der Waals surface area contributed by atoms with Crippen molar-refractivity contribution >= 4 is 11.8 Å². The fourth-order valence-electron chi connectivity index (χ4n) is 2.01. The van der Waals surface area contributed by atoms with Gasteiger partial charge in [0.1, 0.15) is 5.82 Å². The third-order valence-electron chi connectivity index (χ3n) is 2.86. The number of esters is 1. The smallest absolute Gasteiger partial charge is 0.340 e. The number of nitrogens with one attached hydrogen (secondary N) is 1. The summed E-state index contributed by atoms with van der Waals surface area (Å²) >= 11 is 0. The molecule has 4 heteroatoms. The van der Waals surface area contributed by atoms with Crippen molar-refractivity contribution in [1.29, 1.82) is 0 Å². The van der Waals surface area contributed by atoms with Crippen LogP contribution in [0.1, 0.15) is 27.8 Å². The number of anilines is 1. The molecule has 0 spiro atoms. The zero-order chi connectivity index (χ0) is 12.5. The Morgan fingerprint density at radius 2 is 2.00 bits per heavy atom. The summed E-state index contributed by atoms with van der Waals surface area (Å²) in [6, 6.07) is 13.0. The van der Waals surface area contributed by atoms with E-state index in [-0.39, 0.29) is 5.97 Å². The van der Waals surface area contributed by atoms with Gasteiger partial charge in [0.2, 0.25) is 6.23 Å². The first-order chi connectivity index (χ1) is 8.74. The maximum atomic E-state index is 11.7. The minimum atomic E-state index is -0.456. The Morgan fingerprint density at radius 1 is 1.17 bits per heavy atom. The third-order valence-corrected chi connectivity index (χ3v) is 2.86. The van der Waals surface area contributed by atoms with Crippen molar-refractivity contribution in [2.24, 2.45) is 0 Å². The van der Waals surface area contributed by atoms with E-state index in [0.29, 0.717) is 11.4 Å². The molecule has 18 heavy (non-hydrogen) atoms. The summed E-state index contributed by atoms with van der Waals surface area (Å²) in [5.74, 6) is 0.403. The molecule has 0 radical (unpaired) electrons. The molecule has 1 atom stereocenters. The second-order valence-electron chi connectivity index (χ2n) is 4.18. The Labute approximate surface area is 105 Å². The van der Waals surface area contributed by atoms with Gasteiger partial charge in [-0.05, 0) is 25.1 Å². The van der Waals surface area contributed by atoms with Gasteiger partial charge in [0.05, 0.1) is 5.56 Å². The van der Waals surface area contributed by atoms with E-state index >= 15 is 0 Å². The van der Waals surface area contributed by atoms with Crippen LogP contribution in [0.5, 0.6) is 0 Å². The lowest BCUT2D eigenvalue weighted by molar-refractivity contribution is 0.0436. The molecule has 0 saturated heterocycles.